The molecule has 0 fully saturated rings. The lowest BCUT2D eigenvalue weighted by Crippen LogP contribution is -2.31. The van der Waals surface area contributed by atoms with E-state index in [0.717, 1.165) is 30.6 Å². The Balaban J connectivity index is 2.17. The molecule has 0 spiro atoms. The van der Waals surface area contributed by atoms with Crippen LogP contribution in [-0.2, 0) is 15.7 Å². The number of amides is 1. The largest absolute Gasteiger partial charge is 0.467 e. The zero-order chi connectivity index (χ0) is 21.2. The van der Waals surface area contributed by atoms with Gasteiger partial charge in [-0.05, 0) is 30.3 Å². The first-order chi connectivity index (χ1) is 13.8. The van der Waals surface area contributed by atoms with Gasteiger partial charge in [-0.25, -0.2) is 4.79 Å². The molecule has 29 heavy (non-hydrogen) atoms. The number of aromatic nitrogens is 1. The summed E-state index contributed by atoms with van der Waals surface area (Å²) in [4.78, 5) is 28.6. The molecule has 3 rings (SSSR count). The van der Waals surface area contributed by atoms with Gasteiger partial charge in [0.15, 0.2) is 10.8 Å². The summed E-state index contributed by atoms with van der Waals surface area (Å²) in [5.74, 6) is -1.65. The number of methoxy groups -OCH3 is 1. The minimum Gasteiger partial charge on any atom is -0.467 e. The Labute approximate surface area is 166 Å². The summed E-state index contributed by atoms with van der Waals surface area (Å²) in [5, 5.41) is 9.69. The van der Waals surface area contributed by atoms with E-state index in [1.165, 1.54) is 10.6 Å². The molecule has 152 valence electrons. The highest BCUT2D eigenvalue weighted by Crippen LogP contribution is 2.29. The van der Waals surface area contributed by atoms with Crippen molar-refractivity contribution in [2.45, 2.75) is 12.2 Å². The lowest BCUT2D eigenvalue weighted by molar-refractivity contribution is -0.145. The first-order valence-corrected chi connectivity index (χ1v) is 9.13. The Bertz CT molecular complexity index is 1130. The normalized spacial score (nSPS) is 13.5. The number of hydrogen-bond donors (Lipinski definition) is 1. The van der Waals surface area contributed by atoms with E-state index in [4.69, 9.17) is 4.74 Å². The van der Waals surface area contributed by atoms with Crippen LogP contribution in [0.1, 0.15) is 22.0 Å². The number of ether oxygens (including phenoxy) is 1. The van der Waals surface area contributed by atoms with Gasteiger partial charge in [0.1, 0.15) is 0 Å². The molecular formula is C19H15F3N2O4S. The number of esters is 1. The summed E-state index contributed by atoms with van der Waals surface area (Å²) in [7, 11) is 1.16. The average Bonchev–Trinajstić information content (AvgIpc) is 3.05. The maximum atomic E-state index is 12.9. The van der Waals surface area contributed by atoms with Crippen molar-refractivity contribution < 1.29 is 32.6 Å². The molecule has 1 atom stereocenters. The Hall–Kier alpha value is -2.98. The Morgan fingerprint density at radius 1 is 1.21 bits per heavy atom. The number of nitrogens with zero attached hydrogens (tertiary/aromatic N) is 2. The van der Waals surface area contributed by atoms with Crippen molar-refractivity contribution in [3.63, 3.8) is 0 Å². The van der Waals surface area contributed by atoms with E-state index >= 15 is 0 Å². The molecule has 0 saturated carbocycles. The third-order valence-corrected chi connectivity index (χ3v) is 5.16. The lowest BCUT2D eigenvalue weighted by atomic mass is 10.1. The molecule has 1 aromatic heterocycles. The number of carbonyl (C=O) groups is 2. The van der Waals surface area contributed by atoms with Crippen molar-refractivity contribution in [3.05, 3.63) is 64.5 Å². The second-order valence-corrected chi connectivity index (χ2v) is 6.95. The monoisotopic (exact) mass is 424 g/mol. The molecule has 1 heterocycles. The van der Waals surface area contributed by atoms with E-state index in [1.54, 1.807) is 24.3 Å². The molecule has 0 saturated heterocycles. The van der Waals surface area contributed by atoms with Gasteiger partial charge >= 0.3 is 12.1 Å². The number of aliphatic hydroxyl groups excluding tert-OH is 1. The molecular weight excluding hydrogens is 409 g/mol. The van der Waals surface area contributed by atoms with Crippen LogP contribution >= 0.6 is 11.3 Å². The van der Waals surface area contributed by atoms with Crippen LogP contribution in [0.3, 0.4) is 0 Å². The number of rotatable bonds is 4. The van der Waals surface area contributed by atoms with Gasteiger partial charge in [0.25, 0.3) is 5.91 Å². The lowest BCUT2D eigenvalue weighted by Gasteiger charge is -2.14. The van der Waals surface area contributed by atoms with Gasteiger partial charge in [0.05, 0.1) is 29.5 Å². The minimum atomic E-state index is -4.60. The summed E-state index contributed by atoms with van der Waals surface area (Å²) >= 11 is 1.06. The first-order valence-electron chi connectivity index (χ1n) is 8.31. The van der Waals surface area contributed by atoms with Crippen LogP contribution in [0.4, 0.5) is 13.2 Å². The number of hydrogen-bond acceptors (Lipinski definition) is 5. The molecule has 1 amide bonds. The summed E-state index contributed by atoms with van der Waals surface area (Å²) in [6.45, 7) is -0.613. The first kappa shape index (κ1) is 20.7. The van der Waals surface area contributed by atoms with Gasteiger partial charge in [-0.1, -0.05) is 29.5 Å². The van der Waals surface area contributed by atoms with Crippen LogP contribution in [0.25, 0.3) is 10.2 Å². The molecule has 1 N–H and O–H groups in total. The minimum absolute atomic E-state index is 0.0538. The smallest absolute Gasteiger partial charge is 0.416 e. The number of para-hydroxylation sites is 1. The highest BCUT2D eigenvalue weighted by molar-refractivity contribution is 7.16. The number of benzene rings is 2. The van der Waals surface area contributed by atoms with Crippen LogP contribution < -0.4 is 4.80 Å². The van der Waals surface area contributed by atoms with Crippen LogP contribution in [-0.4, -0.2) is 35.3 Å². The number of fused-ring (bicyclic) bond motifs is 1. The third-order valence-electron chi connectivity index (χ3n) is 4.12. The molecule has 2 aromatic carbocycles. The fraction of sp³-hybridized carbons (Fsp3) is 0.211. The highest BCUT2D eigenvalue weighted by atomic mass is 32.1. The van der Waals surface area contributed by atoms with Crippen LogP contribution in [0, 0.1) is 0 Å². The van der Waals surface area contributed by atoms with Crippen molar-refractivity contribution in [1.29, 1.82) is 0 Å². The van der Waals surface area contributed by atoms with E-state index < -0.39 is 36.3 Å². The summed E-state index contributed by atoms with van der Waals surface area (Å²) in [5.41, 5.74) is -0.689. The van der Waals surface area contributed by atoms with E-state index in [1.807, 2.05) is 0 Å². The van der Waals surface area contributed by atoms with Gasteiger partial charge in [-0.15, -0.1) is 0 Å². The van der Waals surface area contributed by atoms with Crippen molar-refractivity contribution >= 4 is 33.4 Å². The van der Waals surface area contributed by atoms with Gasteiger partial charge in [-0.2, -0.15) is 18.2 Å². The molecule has 0 aliphatic carbocycles. The zero-order valence-corrected chi connectivity index (χ0v) is 15.8. The number of carbonyl (C=O) groups excluding carboxylic acids is 2. The maximum Gasteiger partial charge on any atom is 0.416 e. The second kappa shape index (κ2) is 8.18. The maximum absolute atomic E-state index is 12.9. The SMILES string of the molecule is COC(=O)C(CO)n1c(=NC(=O)c2cccc(C(F)(F)F)c2)sc2ccccc21. The van der Waals surface area contributed by atoms with Crippen molar-refractivity contribution in [2.75, 3.05) is 13.7 Å². The molecule has 0 aliphatic heterocycles. The van der Waals surface area contributed by atoms with Crippen LogP contribution in [0.2, 0.25) is 0 Å². The molecule has 10 heteroatoms. The van der Waals surface area contributed by atoms with Crippen molar-refractivity contribution in [2.24, 2.45) is 4.99 Å². The third kappa shape index (κ3) is 4.22. The van der Waals surface area contributed by atoms with E-state index in [2.05, 4.69) is 4.99 Å². The van der Waals surface area contributed by atoms with Gasteiger partial charge in [-0.3, -0.25) is 9.36 Å². The molecule has 3 aromatic rings. The number of alkyl halides is 3. The molecule has 0 bridgehead atoms. The predicted molar refractivity (Wildman–Crippen MR) is 99.3 cm³/mol. The Morgan fingerprint density at radius 3 is 2.59 bits per heavy atom. The molecule has 6 nitrogen and oxygen atoms in total. The van der Waals surface area contributed by atoms with E-state index in [0.29, 0.717) is 16.3 Å². The molecule has 0 radical (unpaired) electrons. The predicted octanol–water partition coefficient (Wildman–Crippen LogP) is 3.17. The number of halogens is 3. The highest BCUT2D eigenvalue weighted by Gasteiger charge is 2.31. The van der Waals surface area contributed by atoms with Crippen LogP contribution in [0.15, 0.2) is 53.5 Å². The van der Waals surface area contributed by atoms with Crippen LogP contribution in [0.5, 0.6) is 0 Å². The summed E-state index contributed by atoms with van der Waals surface area (Å²) in [6, 6.07) is 9.61. The average molecular weight is 424 g/mol. The second-order valence-electron chi connectivity index (χ2n) is 5.94. The van der Waals surface area contributed by atoms with Gasteiger partial charge < -0.3 is 9.84 Å². The number of aliphatic hydroxyl groups is 1. The van der Waals surface area contributed by atoms with Gasteiger partial charge in [0, 0.05) is 5.56 Å². The summed E-state index contributed by atoms with van der Waals surface area (Å²) in [6.07, 6.45) is -4.60. The topological polar surface area (TPSA) is 80.9 Å². The Kier molecular flexibility index (Phi) is 5.85. The fourth-order valence-corrected chi connectivity index (χ4v) is 3.82. The quantitative estimate of drug-likeness (QED) is 0.653. The number of thiazole rings is 1. The van der Waals surface area contributed by atoms with Crippen molar-refractivity contribution in [1.82, 2.24) is 4.57 Å². The standard InChI is InChI=1S/C19H15F3N2O4S/c1-28-17(27)14(10-25)24-13-7-2-3-8-15(13)29-18(24)23-16(26)11-5-4-6-12(9-11)19(20,21)22/h2-9,14,25H,10H2,1H3. The van der Waals surface area contributed by atoms with Gasteiger partial charge in [0.2, 0.25) is 0 Å². The summed E-state index contributed by atoms with van der Waals surface area (Å²) < 4.78 is 45.5. The zero-order valence-electron chi connectivity index (χ0n) is 15.0. The fourth-order valence-electron chi connectivity index (χ4n) is 2.75. The molecule has 0 aliphatic rings. The van der Waals surface area contributed by atoms with E-state index in [-0.39, 0.29) is 10.4 Å². The molecule has 1 unspecified atom stereocenters. The van der Waals surface area contributed by atoms with Crippen molar-refractivity contribution in [3.8, 4) is 0 Å². The van der Waals surface area contributed by atoms with E-state index in [9.17, 15) is 27.9 Å². The Morgan fingerprint density at radius 2 is 1.93 bits per heavy atom.